The van der Waals surface area contributed by atoms with Crippen LogP contribution in [0.25, 0.3) is 52.9 Å². The van der Waals surface area contributed by atoms with E-state index in [1.165, 1.54) is 6.07 Å². The molecule has 0 atom stereocenters. The second kappa shape index (κ2) is 12.2. The second-order valence-corrected chi connectivity index (χ2v) is 9.88. The molecule has 0 saturated carbocycles. The lowest BCUT2D eigenvalue weighted by Gasteiger charge is -2.17. The second-order valence-electron chi connectivity index (χ2n) is 9.88. The molecule has 0 N–H and O–H groups in total. The van der Waals surface area contributed by atoms with Crippen molar-refractivity contribution in [1.29, 1.82) is 31.6 Å². The van der Waals surface area contributed by atoms with E-state index in [0.717, 1.165) is 0 Å². The van der Waals surface area contributed by atoms with Gasteiger partial charge in [0.15, 0.2) is 0 Å². The van der Waals surface area contributed by atoms with Crippen molar-refractivity contribution in [3.63, 3.8) is 0 Å². The number of hydrogen-bond donors (Lipinski definition) is 0. The number of halogens is 4. The number of fused-ring (bicyclic) bond motifs is 2. The highest BCUT2D eigenvalue weighted by Crippen LogP contribution is 2.59. The molecule has 10 nitrogen and oxygen atoms in total. The highest BCUT2D eigenvalue weighted by molar-refractivity contribution is 6.31. The van der Waals surface area contributed by atoms with E-state index in [-0.39, 0.29) is 0 Å². The Hall–Kier alpha value is -8.76. The summed E-state index contributed by atoms with van der Waals surface area (Å²) in [7, 11) is 0. The maximum absolute atomic E-state index is 15.6. The molecule has 0 unspecified atom stereocenters. The van der Waals surface area contributed by atoms with Gasteiger partial charge in [0.1, 0.15) is 41.5 Å². The first-order valence-electron chi connectivity index (χ1n) is 13.2. The van der Waals surface area contributed by atoms with Gasteiger partial charge in [-0.2, -0.15) is 21.0 Å². The van der Waals surface area contributed by atoms with Crippen molar-refractivity contribution in [3.8, 4) is 36.4 Å². The SMILES string of the molecule is [C-]#[N+]C1=C(c2cc(F)c([N+]#[C-])cc2F)/C(=C(/C#N)[N+]#[C-])c2c(C#N)c3c(c(C#N)c21)C(C#N)=C(c1cc(F)c(C#N)cc1F)/C3=C(\C#N)[N+]#[C-]. The van der Waals surface area contributed by atoms with Crippen molar-refractivity contribution in [2.75, 3.05) is 0 Å². The Balaban J connectivity index is 2.14. The van der Waals surface area contributed by atoms with Crippen LogP contribution < -0.4 is 0 Å². The molecule has 226 valence electrons. The van der Waals surface area contributed by atoms with Gasteiger partial charge < -0.3 is 0 Å². The maximum atomic E-state index is 15.6. The Labute approximate surface area is 279 Å². The highest BCUT2D eigenvalue weighted by Gasteiger charge is 2.44. The van der Waals surface area contributed by atoms with Crippen LogP contribution in [0.3, 0.4) is 0 Å². The smallest absolute Gasteiger partial charge is 0.237 e. The summed E-state index contributed by atoms with van der Waals surface area (Å²) in [5.41, 5.74) is -12.0. The van der Waals surface area contributed by atoms with Crippen LogP contribution in [0, 0.1) is 118 Å². The van der Waals surface area contributed by atoms with Gasteiger partial charge >= 0.3 is 0 Å². The predicted molar refractivity (Wildman–Crippen MR) is 164 cm³/mol. The number of nitriles is 6. The molecule has 2 aliphatic carbocycles. The van der Waals surface area contributed by atoms with E-state index < -0.39 is 124 Å². The third-order valence-corrected chi connectivity index (χ3v) is 7.70. The standard InChI is InChI=1S/C36H4F4N10/c1-47-25-8-23(39)17(7-24(25)40)32-35(27(14-46)49-3)31-20(12-44)30-29(19(11-43)33(31)36(32)50-4)18(10-42)28(34(30)26(13-45)48-2)16-6-21(37)15(9-41)5-22(16)38/h5-8H/b34-26-,35-27-. The van der Waals surface area contributed by atoms with E-state index in [1.807, 2.05) is 0 Å². The number of rotatable bonds is 2. The van der Waals surface area contributed by atoms with Gasteiger partial charge in [-0.25, -0.2) is 47.5 Å². The Morgan fingerprint density at radius 3 is 1.56 bits per heavy atom. The van der Waals surface area contributed by atoms with Crippen LogP contribution in [-0.2, 0) is 0 Å². The molecule has 0 fully saturated rings. The molecular formula is C36H4F4N10. The summed E-state index contributed by atoms with van der Waals surface area (Å²) in [5, 5.41) is 60.8. The number of nitrogens with zero attached hydrogens (tertiary/aromatic N) is 10. The molecular weight excluding hydrogens is 648 g/mol. The largest absolute Gasteiger partial charge is 0.270 e. The summed E-state index contributed by atoms with van der Waals surface area (Å²) in [6.45, 7) is 30.5. The van der Waals surface area contributed by atoms with Gasteiger partial charge in [0, 0.05) is 39.0 Å². The van der Waals surface area contributed by atoms with Crippen molar-refractivity contribution in [1.82, 2.24) is 0 Å². The molecule has 3 aromatic rings. The number of hydrogen-bond acceptors (Lipinski definition) is 6. The van der Waals surface area contributed by atoms with Crippen LogP contribution in [0.1, 0.15) is 50.1 Å². The minimum absolute atomic E-state index is 0.488. The Kier molecular flexibility index (Phi) is 7.97. The Bertz CT molecular complexity index is 2590. The first kappa shape index (κ1) is 32.6. The van der Waals surface area contributed by atoms with Crippen molar-refractivity contribution < 1.29 is 17.6 Å². The van der Waals surface area contributed by atoms with Crippen LogP contribution in [0.15, 0.2) is 35.7 Å². The predicted octanol–water partition coefficient (Wildman–Crippen LogP) is 7.97. The fourth-order valence-corrected chi connectivity index (χ4v) is 5.84. The molecule has 0 bridgehead atoms. The number of benzene rings is 3. The normalized spacial score (nSPS) is 14.1. The zero-order valence-corrected chi connectivity index (χ0v) is 24.3. The molecule has 3 aromatic carbocycles. The molecule has 50 heavy (non-hydrogen) atoms. The molecule has 5 rings (SSSR count). The van der Waals surface area contributed by atoms with E-state index in [4.69, 9.17) is 26.3 Å². The summed E-state index contributed by atoms with van der Waals surface area (Å²) in [5.74, 6) is -5.11. The van der Waals surface area contributed by atoms with Crippen LogP contribution in [0.5, 0.6) is 0 Å². The van der Waals surface area contributed by atoms with Crippen molar-refractivity contribution in [2.24, 2.45) is 0 Å². The van der Waals surface area contributed by atoms with Gasteiger partial charge in [-0.3, -0.25) is 0 Å². The lowest BCUT2D eigenvalue weighted by Crippen LogP contribution is -2.05. The van der Waals surface area contributed by atoms with Gasteiger partial charge in [-0.05, 0) is 41.0 Å². The molecule has 0 spiro atoms. The zero-order valence-electron chi connectivity index (χ0n) is 24.3. The van der Waals surface area contributed by atoms with Crippen LogP contribution in [-0.4, -0.2) is 0 Å². The van der Waals surface area contributed by atoms with E-state index in [0.29, 0.717) is 24.3 Å². The number of allylic oxidation sites excluding steroid dienone is 7. The zero-order chi connectivity index (χ0) is 36.6. The summed E-state index contributed by atoms with van der Waals surface area (Å²) in [4.78, 5) is 12.5. The minimum Gasteiger partial charge on any atom is -0.237 e. The van der Waals surface area contributed by atoms with Crippen LogP contribution in [0.4, 0.5) is 23.2 Å². The molecule has 0 aliphatic heterocycles. The molecule has 0 amide bonds. The Morgan fingerprint density at radius 1 is 0.540 bits per heavy atom. The lowest BCUT2D eigenvalue weighted by atomic mass is 9.83. The monoisotopic (exact) mass is 652 g/mol. The van der Waals surface area contributed by atoms with E-state index in [1.54, 1.807) is 30.3 Å². The quantitative estimate of drug-likeness (QED) is 0.155. The van der Waals surface area contributed by atoms with Gasteiger partial charge in [0.05, 0.1) is 66.8 Å². The highest BCUT2D eigenvalue weighted by atomic mass is 19.1. The lowest BCUT2D eigenvalue weighted by molar-refractivity contribution is 0.594. The van der Waals surface area contributed by atoms with Crippen LogP contribution >= 0.6 is 0 Å². The summed E-state index contributed by atoms with van der Waals surface area (Å²) in [6.07, 6.45) is 0. The molecule has 0 saturated heterocycles. The fraction of sp³-hybridized carbons (Fsp3) is 0. The topological polar surface area (TPSA) is 160 Å². The first-order valence-corrected chi connectivity index (χ1v) is 13.2. The van der Waals surface area contributed by atoms with E-state index in [2.05, 4.69) is 19.4 Å². The van der Waals surface area contributed by atoms with Crippen molar-refractivity contribution in [3.05, 3.63) is 155 Å². The fourth-order valence-electron chi connectivity index (χ4n) is 5.84. The average Bonchev–Trinajstić information content (AvgIpc) is 3.63. The van der Waals surface area contributed by atoms with Crippen LogP contribution in [0.2, 0.25) is 0 Å². The molecule has 14 heteroatoms. The Morgan fingerprint density at radius 2 is 1.06 bits per heavy atom. The molecule has 0 radical (unpaired) electrons. The molecule has 2 aliphatic rings. The summed E-state index contributed by atoms with van der Waals surface area (Å²) >= 11 is 0. The average molecular weight is 652 g/mol. The summed E-state index contributed by atoms with van der Waals surface area (Å²) in [6, 6.07) is 11.9. The van der Waals surface area contributed by atoms with Gasteiger partial charge in [0.25, 0.3) is 11.4 Å². The first-order chi connectivity index (χ1) is 24.1. The molecule has 0 aromatic heterocycles. The van der Waals surface area contributed by atoms with Crippen molar-refractivity contribution >= 4 is 39.2 Å². The van der Waals surface area contributed by atoms with Gasteiger partial charge in [-0.1, -0.05) is 0 Å². The van der Waals surface area contributed by atoms with E-state index >= 15 is 8.78 Å². The third kappa shape index (κ3) is 4.32. The molecule has 0 heterocycles. The van der Waals surface area contributed by atoms with Gasteiger partial charge in [0.2, 0.25) is 11.4 Å². The van der Waals surface area contributed by atoms with Gasteiger partial charge in [-0.15, -0.1) is 0 Å². The summed E-state index contributed by atoms with van der Waals surface area (Å²) < 4.78 is 61.1. The minimum atomic E-state index is -1.30. The maximum Gasteiger partial charge on any atom is 0.270 e. The van der Waals surface area contributed by atoms with Crippen molar-refractivity contribution in [2.45, 2.75) is 0 Å². The van der Waals surface area contributed by atoms with E-state index in [9.17, 15) is 40.4 Å². The third-order valence-electron chi connectivity index (χ3n) is 7.70.